The molecule has 0 aromatic heterocycles. The molecule has 54 valence electrons. The minimum atomic E-state index is -0.936. The number of halogens is 1. The third kappa shape index (κ3) is 1.80. The fourth-order valence-electron chi connectivity index (χ4n) is 0.679. The van der Waals surface area contributed by atoms with Gasteiger partial charge in [-0.3, -0.25) is 4.99 Å². The van der Waals surface area contributed by atoms with Crippen LogP contribution >= 0.6 is 22.6 Å². The Kier molecular flexibility index (Phi) is 2.42. The maximum Gasteiger partial charge on any atom is 0.354 e. The second kappa shape index (κ2) is 3.14. The van der Waals surface area contributed by atoms with Gasteiger partial charge in [-0.05, 0) is 38.7 Å². The molecular formula is C6H6INO2. The molecule has 0 spiro atoms. The highest BCUT2D eigenvalue weighted by Crippen LogP contribution is 2.14. The van der Waals surface area contributed by atoms with E-state index in [4.69, 9.17) is 5.11 Å². The lowest BCUT2D eigenvalue weighted by Gasteiger charge is -2.03. The number of nitrogens with zero attached hydrogens (tertiary/aromatic N) is 1. The van der Waals surface area contributed by atoms with E-state index in [1.54, 1.807) is 6.08 Å². The normalized spacial score (nSPS) is 17.7. The van der Waals surface area contributed by atoms with Crippen LogP contribution in [-0.2, 0) is 4.79 Å². The Morgan fingerprint density at radius 1 is 1.80 bits per heavy atom. The van der Waals surface area contributed by atoms with E-state index in [1.165, 1.54) is 0 Å². The molecule has 0 fully saturated rings. The van der Waals surface area contributed by atoms with Crippen molar-refractivity contribution in [2.75, 3.05) is 6.54 Å². The average molecular weight is 251 g/mol. The summed E-state index contributed by atoms with van der Waals surface area (Å²) in [7, 11) is 0. The summed E-state index contributed by atoms with van der Waals surface area (Å²) in [6, 6.07) is 0. The second-order valence-electron chi connectivity index (χ2n) is 1.91. The number of dihydropyridines is 1. The van der Waals surface area contributed by atoms with Gasteiger partial charge in [0.25, 0.3) is 0 Å². The molecule has 0 unspecified atom stereocenters. The molecule has 0 aromatic rings. The largest absolute Gasteiger partial charge is 0.477 e. The van der Waals surface area contributed by atoms with Crippen molar-refractivity contribution >= 4 is 34.3 Å². The molecule has 0 bridgehead atoms. The number of hydrogen-bond acceptors (Lipinski definition) is 2. The van der Waals surface area contributed by atoms with Crippen molar-refractivity contribution in [3.05, 3.63) is 9.66 Å². The molecule has 0 atom stereocenters. The lowest BCUT2D eigenvalue weighted by molar-refractivity contribution is -0.129. The van der Waals surface area contributed by atoms with Crippen molar-refractivity contribution in [2.24, 2.45) is 4.99 Å². The van der Waals surface area contributed by atoms with Crippen LogP contribution in [0.15, 0.2) is 14.6 Å². The van der Waals surface area contributed by atoms with Crippen molar-refractivity contribution in [3.8, 4) is 0 Å². The molecule has 0 radical (unpaired) electrons. The Balaban J connectivity index is 2.79. The monoisotopic (exact) mass is 251 g/mol. The molecule has 0 amide bonds. The predicted octanol–water partition coefficient (Wildman–Crippen LogP) is 1.23. The minimum absolute atomic E-state index is 0.177. The maximum atomic E-state index is 10.3. The number of carboxylic acid groups (broad SMARTS) is 1. The SMILES string of the molecule is O=C(O)C1=NCCC(I)=C1. The molecule has 0 saturated carbocycles. The van der Waals surface area contributed by atoms with Gasteiger partial charge in [0.15, 0.2) is 0 Å². The van der Waals surface area contributed by atoms with E-state index in [9.17, 15) is 4.79 Å². The number of carbonyl (C=O) groups is 1. The van der Waals surface area contributed by atoms with Gasteiger partial charge in [0.2, 0.25) is 0 Å². The zero-order valence-corrected chi connectivity index (χ0v) is 7.33. The Morgan fingerprint density at radius 2 is 2.50 bits per heavy atom. The number of hydrogen-bond donors (Lipinski definition) is 1. The quantitative estimate of drug-likeness (QED) is 0.712. The van der Waals surface area contributed by atoms with Crippen LogP contribution in [0, 0.1) is 0 Å². The van der Waals surface area contributed by atoms with E-state index in [0.29, 0.717) is 6.54 Å². The summed E-state index contributed by atoms with van der Waals surface area (Å²) in [5.74, 6) is -0.936. The molecule has 0 aliphatic carbocycles. The standard InChI is InChI=1S/C6H6INO2/c7-4-1-2-8-5(3-4)6(9)10/h3H,1-2H2,(H,9,10). The molecule has 1 aliphatic heterocycles. The van der Waals surface area contributed by atoms with Crippen molar-refractivity contribution in [1.82, 2.24) is 0 Å². The van der Waals surface area contributed by atoms with Gasteiger partial charge in [0.05, 0.1) is 0 Å². The molecule has 4 heteroatoms. The minimum Gasteiger partial charge on any atom is -0.477 e. The summed E-state index contributed by atoms with van der Waals surface area (Å²) >= 11 is 2.12. The first-order valence-electron chi connectivity index (χ1n) is 2.84. The van der Waals surface area contributed by atoms with Crippen LogP contribution in [0.25, 0.3) is 0 Å². The molecule has 3 nitrogen and oxygen atoms in total. The van der Waals surface area contributed by atoms with E-state index in [0.717, 1.165) is 10.0 Å². The van der Waals surface area contributed by atoms with Gasteiger partial charge in [-0.1, -0.05) is 0 Å². The summed E-state index contributed by atoms with van der Waals surface area (Å²) < 4.78 is 1.06. The van der Waals surface area contributed by atoms with Crippen LogP contribution in [0.2, 0.25) is 0 Å². The highest BCUT2D eigenvalue weighted by atomic mass is 127. The third-order valence-electron chi connectivity index (χ3n) is 1.15. The van der Waals surface area contributed by atoms with Gasteiger partial charge >= 0.3 is 5.97 Å². The van der Waals surface area contributed by atoms with E-state index >= 15 is 0 Å². The van der Waals surface area contributed by atoms with E-state index in [1.807, 2.05) is 0 Å². The molecule has 1 rings (SSSR count). The fourth-order valence-corrected chi connectivity index (χ4v) is 1.21. The van der Waals surface area contributed by atoms with Gasteiger partial charge in [0, 0.05) is 6.54 Å². The lowest BCUT2D eigenvalue weighted by atomic mass is 10.2. The van der Waals surface area contributed by atoms with Gasteiger partial charge in [-0.25, -0.2) is 4.79 Å². The van der Waals surface area contributed by atoms with Gasteiger partial charge < -0.3 is 5.11 Å². The summed E-state index contributed by atoms with van der Waals surface area (Å²) in [4.78, 5) is 14.1. The molecule has 10 heavy (non-hydrogen) atoms. The van der Waals surface area contributed by atoms with Crippen molar-refractivity contribution in [2.45, 2.75) is 6.42 Å². The van der Waals surface area contributed by atoms with E-state index < -0.39 is 5.97 Å². The fraction of sp³-hybridized carbons (Fsp3) is 0.333. The maximum absolute atomic E-state index is 10.3. The van der Waals surface area contributed by atoms with Crippen LogP contribution in [-0.4, -0.2) is 23.3 Å². The molecule has 1 aliphatic rings. The molecule has 1 heterocycles. The summed E-state index contributed by atoms with van der Waals surface area (Å²) in [6.07, 6.45) is 2.48. The Morgan fingerprint density at radius 3 is 2.90 bits per heavy atom. The van der Waals surface area contributed by atoms with Crippen LogP contribution in [0.3, 0.4) is 0 Å². The summed E-state index contributed by atoms with van der Waals surface area (Å²) in [5.41, 5.74) is 0.177. The highest BCUT2D eigenvalue weighted by molar-refractivity contribution is 14.1. The van der Waals surface area contributed by atoms with Crippen LogP contribution < -0.4 is 0 Å². The number of carboxylic acids is 1. The molecule has 0 saturated heterocycles. The summed E-state index contributed by atoms with van der Waals surface area (Å²) in [6.45, 7) is 0.608. The van der Waals surface area contributed by atoms with Crippen LogP contribution in [0.5, 0.6) is 0 Å². The second-order valence-corrected chi connectivity index (χ2v) is 3.30. The Hall–Kier alpha value is -0.390. The number of rotatable bonds is 1. The zero-order valence-electron chi connectivity index (χ0n) is 5.17. The van der Waals surface area contributed by atoms with Gasteiger partial charge in [-0.15, -0.1) is 0 Å². The highest BCUT2D eigenvalue weighted by Gasteiger charge is 2.09. The topological polar surface area (TPSA) is 49.7 Å². The first-order chi connectivity index (χ1) is 4.70. The van der Waals surface area contributed by atoms with Gasteiger partial charge in [-0.2, -0.15) is 0 Å². The average Bonchev–Trinajstić information content (AvgIpc) is 1.88. The smallest absolute Gasteiger partial charge is 0.354 e. The first-order valence-corrected chi connectivity index (χ1v) is 3.92. The Labute approximate surface area is 72.0 Å². The molecule has 1 N–H and O–H groups in total. The lowest BCUT2D eigenvalue weighted by Crippen LogP contribution is -2.13. The van der Waals surface area contributed by atoms with Gasteiger partial charge in [0.1, 0.15) is 5.71 Å². The van der Waals surface area contributed by atoms with Crippen molar-refractivity contribution in [1.29, 1.82) is 0 Å². The molecular weight excluding hydrogens is 245 g/mol. The number of aliphatic carboxylic acids is 1. The zero-order chi connectivity index (χ0) is 7.56. The van der Waals surface area contributed by atoms with E-state index in [2.05, 4.69) is 27.6 Å². The Bertz CT molecular complexity index is 220. The molecule has 0 aromatic carbocycles. The van der Waals surface area contributed by atoms with E-state index in [-0.39, 0.29) is 5.71 Å². The summed E-state index contributed by atoms with van der Waals surface area (Å²) in [5, 5.41) is 8.48. The third-order valence-corrected chi connectivity index (χ3v) is 2.00. The first kappa shape index (κ1) is 7.71. The van der Waals surface area contributed by atoms with Crippen molar-refractivity contribution < 1.29 is 9.90 Å². The van der Waals surface area contributed by atoms with Crippen LogP contribution in [0.4, 0.5) is 0 Å². The predicted molar refractivity (Wildman–Crippen MR) is 46.7 cm³/mol. The number of aliphatic imine (C=N–C) groups is 1. The van der Waals surface area contributed by atoms with Crippen LogP contribution in [0.1, 0.15) is 6.42 Å². The van der Waals surface area contributed by atoms with Crippen molar-refractivity contribution in [3.63, 3.8) is 0 Å².